The van der Waals surface area contributed by atoms with Gasteiger partial charge in [0.25, 0.3) is 10.0 Å². The number of carbonyl (C=O) groups is 1. The molecule has 174 valence electrons. The van der Waals surface area contributed by atoms with Crippen molar-refractivity contribution in [2.24, 2.45) is 0 Å². The molecule has 6 nitrogen and oxygen atoms in total. The van der Waals surface area contributed by atoms with Crippen LogP contribution in [-0.4, -0.2) is 34.0 Å². The number of hydrogen-bond acceptors (Lipinski definition) is 4. The second-order valence-electron chi connectivity index (χ2n) is 7.01. The maximum Gasteiger partial charge on any atom is 0.264 e. The molecule has 0 saturated heterocycles. The van der Waals surface area contributed by atoms with Gasteiger partial charge in [0.1, 0.15) is 18.9 Å². The van der Waals surface area contributed by atoms with Crippen molar-refractivity contribution in [3.63, 3.8) is 0 Å². The number of nitrogens with zero attached hydrogens (tertiary/aromatic N) is 1. The normalized spacial score (nSPS) is 11.2. The van der Waals surface area contributed by atoms with Gasteiger partial charge in [0.05, 0.1) is 27.2 Å². The molecule has 0 aliphatic heterocycles. The summed E-state index contributed by atoms with van der Waals surface area (Å²) >= 11 is 18.5. The van der Waals surface area contributed by atoms with E-state index in [1.165, 1.54) is 24.3 Å². The van der Waals surface area contributed by atoms with E-state index in [9.17, 15) is 13.2 Å². The molecule has 10 heteroatoms. The van der Waals surface area contributed by atoms with Gasteiger partial charge in [-0.3, -0.25) is 9.10 Å². The van der Waals surface area contributed by atoms with E-state index in [4.69, 9.17) is 39.5 Å². The first-order valence-electron chi connectivity index (χ1n) is 9.87. The van der Waals surface area contributed by atoms with E-state index in [1.54, 1.807) is 36.4 Å². The number of nitrogens with one attached hydrogen (secondary N) is 1. The highest BCUT2D eigenvalue weighted by molar-refractivity contribution is 7.92. The zero-order chi connectivity index (χ0) is 24.0. The molecule has 0 aliphatic carbocycles. The number of aryl methyl sites for hydroxylation is 1. The van der Waals surface area contributed by atoms with Gasteiger partial charge in [-0.2, -0.15) is 0 Å². The molecule has 0 heterocycles. The third-order valence-electron chi connectivity index (χ3n) is 4.65. The Morgan fingerprint density at radius 3 is 2.39 bits per heavy atom. The van der Waals surface area contributed by atoms with Crippen LogP contribution in [0.15, 0.2) is 71.6 Å². The zero-order valence-corrected chi connectivity index (χ0v) is 20.7. The summed E-state index contributed by atoms with van der Waals surface area (Å²) in [6, 6.07) is 17.7. The van der Waals surface area contributed by atoms with Crippen LogP contribution >= 0.6 is 34.8 Å². The lowest BCUT2D eigenvalue weighted by molar-refractivity contribution is -0.119. The summed E-state index contributed by atoms with van der Waals surface area (Å²) in [7, 11) is -4.09. The summed E-state index contributed by atoms with van der Waals surface area (Å²) in [5.74, 6) is 0.0370. The lowest BCUT2D eigenvalue weighted by Crippen LogP contribution is -2.42. The Labute approximate surface area is 208 Å². The lowest BCUT2D eigenvalue weighted by atomic mass is 10.2. The average molecular weight is 528 g/mol. The first-order valence-corrected chi connectivity index (χ1v) is 12.4. The highest BCUT2D eigenvalue weighted by Crippen LogP contribution is 2.35. The van der Waals surface area contributed by atoms with E-state index in [0.717, 1.165) is 9.87 Å². The van der Waals surface area contributed by atoms with Gasteiger partial charge >= 0.3 is 0 Å². The van der Waals surface area contributed by atoms with Crippen LogP contribution in [0.2, 0.25) is 15.1 Å². The van der Waals surface area contributed by atoms with Gasteiger partial charge < -0.3 is 10.1 Å². The minimum absolute atomic E-state index is 0.0217. The van der Waals surface area contributed by atoms with Crippen LogP contribution in [-0.2, 0) is 14.8 Å². The second-order valence-corrected chi connectivity index (χ2v) is 10.1. The fourth-order valence-electron chi connectivity index (χ4n) is 2.91. The molecule has 3 rings (SSSR count). The van der Waals surface area contributed by atoms with Gasteiger partial charge in [0, 0.05) is 5.02 Å². The molecule has 0 fully saturated rings. The molecule has 3 aromatic carbocycles. The summed E-state index contributed by atoms with van der Waals surface area (Å²) in [4.78, 5) is 12.7. The molecule has 1 N–H and O–H groups in total. The van der Waals surface area contributed by atoms with Crippen molar-refractivity contribution in [1.82, 2.24) is 5.32 Å². The Kier molecular flexibility index (Phi) is 8.48. The van der Waals surface area contributed by atoms with Gasteiger partial charge in [0.2, 0.25) is 5.91 Å². The fraction of sp³-hybridized carbons (Fsp3) is 0.174. The summed E-state index contributed by atoms with van der Waals surface area (Å²) < 4.78 is 33.1. The third kappa shape index (κ3) is 6.32. The van der Waals surface area contributed by atoms with Crippen LogP contribution < -0.4 is 14.4 Å². The fourth-order valence-corrected chi connectivity index (χ4v) is 4.99. The Morgan fingerprint density at radius 1 is 0.970 bits per heavy atom. The minimum atomic E-state index is -4.09. The number of anilines is 1. The monoisotopic (exact) mass is 526 g/mol. The highest BCUT2D eigenvalue weighted by Gasteiger charge is 2.29. The van der Waals surface area contributed by atoms with Crippen molar-refractivity contribution >= 4 is 56.4 Å². The number of sulfonamides is 1. The molecule has 3 aromatic rings. The molecule has 0 aliphatic rings. The van der Waals surface area contributed by atoms with Crippen LogP contribution in [0.1, 0.15) is 5.56 Å². The molecule has 0 spiro atoms. The van der Waals surface area contributed by atoms with Crippen molar-refractivity contribution in [2.45, 2.75) is 11.8 Å². The van der Waals surface area contributed by atoms with Crippen LogP contribution in [0, 0.1) is 6.92 Å². The second kappa shape index (κ2) is 11.1. The minimum Gasteiger partial charge on any atom is -0.492 e. The number of benzene rings is 3. The number of ether oxygens (including phenoxy) is 1. The summed E-state index contributed by atoms with van der Waals surface area (Å²) in [6.45, 7) is 1.72. The SMILES string of the molecule is Cc1ccc(OCCNC(=O)CN(c2cccc(Cl)c2Cl)S(=O)(=O)c2ccccc2)cc1Cl. The first kappa shape index (κ1) is 25.2. The van der Waals surface area contributed by atoms with Crippen molar-refractivity contribution in [2.75, 3.05) is 24.0 Å². The number of halogens is 3. The quantitative estimate of drug-likeness (QED) is 0.381. The van der Waals surface area contributed by atoms with E-state index in [2.05, 4.69) is 5.32 Å². The summed E-state index contributed by atoms with van der Waals surface area (Å²) in [5, 5.41) is 3.45. The molecule has 0 aromatic heterocycles. The van der Waals surface area contributed by atoms with Gasteiger partial charge in [-0.25, -0.2) is 8.42 Å². The van der Waals surface area contributed by atoms with Crippen LogP contribution in [0.5, 0.6) is 5.75 Å². The van der Waals surface area contributed by atoms with Gasteiger partial charge in [-0.15, -0.1) is 0 Å². The molecular weight excluding hydrogens is 507 g/mol. The molecule has 0 atom stereocenters. The van der Waals surface area contributed by atoms with E-state index in [-0.39, 0.29) is 33.8 Å². The predicted molar refractivity (Wildman–Crippen MR) is 132 cm³/mol. The van der Waals surface area contributed by atoms with Crippen molar-refractivity contribution in [3.05, 3.63) is 87.4 Å². The summed E-state index contributed by atoms with van der Waals surface area (Å²) in [6.07, 6.45) is 0. The van der Waals surface area contributed by atoms with Crippen molar-refractivity contribution in [1.29, 1.82) is 0 Å². The summed E-state index contributed by atoms with van der Waals surface area (Å²) in [5.41, 5.74) is 1.03. The molecule has 0 saturated carbocycles. The van der Waals surface area contributed by atoms with Crippen LogP contribution in [0.4, 0.5) is 5.69 Å². The largest absolute Gasteiger partial charge is 0.492 e. The van der Waals surface area contributed by atoms with E-state index in [0.29, 0.717) is 10.8 Å². The van der Waals surface area contributed by atoms with Gasteiger partial charge in [0.15, 0.2) is 0 Å². The smallest absolute Gasteiger partial charge is 0.264 e. The van der Waals surface area contributed by atoms with Crippen molar-refractivity contribution in [3.8, 4) is 5.75 Å². The Hall–Kier alpha value is -2.45. The van der Waals surface area contributed by atoms with E-state index < -0.39 is 22.5 Å². The maximum atomic E-state index is 13.3. The number of carbonyl (C=O) groups excluding carboxylic acids is 1. The Balaban J connectivity index is 1.72. The molecule has 0 radical (unpaired) electrons. The van der Waals surface area contributed by atoms with E-state index in [1.807, 2.05) is 13.0 Å². The number of rotatable bonds is 9. The molecule has 33 heavy (non-hydrogen) atoms. The molecule has 0 unspecified atom stereocenters. The van der Waals surface area contributed by atoms with Crippen LogP contribution in [0.25, 0.3) is 0 Å². The molecule has 1 amide bonds. The lowest BCUT2D eigenvalue weighted by Gasteiger charge is -2.25. The number of amides is 1. The standard InChI is InChI=1S/C23H21Cl3N2O4S/c1-16-10-11-17(14-20(16)25)32-13-12-27-22(29)15-28(21-9-5-8-19(24)23(21)26)33(30,31)18-6-3-2-4-7-18/h2-11,14H,12-13,15H2,1H3,(H,27,29). The third-order valence-corrected chi connectivity index (χ3v) is 7.64. The maximum absolute atomic E-state index is 13.3. The topological polar surface area (TPSA) is 75.7 Å². The predicted octanol–water partition coefficient (Wildman–Crippen LogP) is 5.35. The zero-order valence-electron chi connectivity index (χ0n) is 17.6. The number of hydrogen-bond donors (Lipinski definition) is 1. The Morgan fingerprint density at radius 2 is 1.70 bits per heavy atom. The van der Waals surface area contributed by atoms with E-state index >= 15 is 0 Å². The highest BCUT2D eigenvalue weighted by atomic mass is 35.5. The van der Waals surface area contributed by atoms with Crippen molar-refractivity contribution < 1.29 is 17.9 Å². The van der Waals surface area contributed by atoms with Crippen LogP contribution in [0.3, 0.4) is 0 Å². The van der Waals surface area contributed by atoms with Gasteiger partial charge in [-0.05, 0) is 48.9 Å². The Bertz CT molecular complexity index is 1240. The average Bonchev–Trinajstić information content (AvgIpc) is 2.80. The molecule has 0 bridgehead atoms. The first-order chi connectivity index (χ1) is 15.7. The van der Waals surface area contributed by atoms with Gasteiger partial charge in [-0.1, -0.05) is 65.1 Å². The molecular formula is C23H21Cl3N2O4S.